The molecule has 2 N–H and O–H groups in total. The maximum absolute atomic E-state index is 5.69. The predicted molar refractivity (Wildman–Crippen MR) is 74.6 cm³/mol. The van der Waals surface area contributed by atoms with Crippen LogP contribution < -0.4 is 10.5 Å². The third kappa shape index (κ3) is 5.07. The molecule has 0 atom stereocenters. The number of rotatable bonds is 6. The average Bonchev–Trinajstić information content (AvgIpc) is 2.33. The molecule has 0 saturated heterocycles. The van der Waals surface area contributed by atoms with Crippen LogP contribution in [0, 0.1) is 5.41 Å². The van der Waals surface area contributed by atoms with Gasteiger partial charge in [0.15, 0.2) is 0 Å². The van der Waals surface area contributed by atoms with Gasteiger partial charge >= 0.3 is 0 Å². The van der Waals surface area contributed by atoms with Crippen molar-refractivity contribution in [3.8, 4) is 5.75 Å². The van der Waals surface area contributed by atoms with Gasteiger partial charge in [0, 0.05) is 18.7 Å². The van der Waals surface area contributed by atoms with Gasteiger partial charge in [0.05, 0.1) is 13.7 Å². The standard InChI is InChI=1S/C15H25NO2/c1-15(2,3)7-8-18-11-12-5-6-14(17-4)13(9-12)10-16/h5-6,9H,7-8,10-11,16H2,1-4H3. The van der Waals surface area contributed by atoms with Crippen molar-refractivity contribution in [3.05, 3.63) is 29.3 Å². The summed E-state index contributed by atoms with van der Waals surface area (Å²) in [6.45, 7) is 8.56. The SMILES string of the molecule is COc1ccc(COCCC(C)(C)C)cc1CN. The summed E-state index contributed by atoms with van der Waals surface area (Å²) in [5.41, 5.74) is 8.17. The lowest BCUT2D eigenvalue weighted by Crippen LogP contribution is -2.09. The first-order chi connectivity index (χ1) is 8.46. The van der Waals surface area contributed by atoms with Crippen molar-refractivity contribution in [1.82, 2.24) is 0 Å². The van der Waals surface area contributed by atoms with Crippen LogP contribution in [-0.2, 0) is 17.9 Å². The minimum Gasteiger partial charge on any atom is -0.496 e. The monoisotopic (exact) mass is 251 g/mol. The zero-order chi connectivity index (χ0) is 13.6. The smallest absolute Gasteiger partial charge is 0.123 e. The second kappa shape index (κ2) is 6.76. The maximum atomic E-state index is 5.69. The summed E-state index contributed by atoms with van der Waals surface area (Å²) in [5.74, 6) is 0.843. The van der Waals surface area contributed by atoms with E-state index in [1.165, 1.54) is 0 Å². The highest BCUT2D eigenvalue weighted by Crippen LogP contribution is 2.21. The van der Waals surface area contributed by atoms with E-state index in [4.69, 9.17) is 15.2 Å². The van der Waals surface area contributed by atoms with Gasteiger partial charge in [-0.05, 0) is 29.5 Å². The molecule has 1 rings (SSSR count). The minimum atomic E-state index is 0.322. The lowest BCUT2D eigenvalue weighted by atomic mass is 9.93. The lowest BCUT2D eigenvalue weighted by Gasteiger charge is -2.17. The van der Waals surface area contributed by atoms with Crippen molar-refractivity contribution < 1.29 is 9.47 Å². The van der Waals surface area contributed by atoms with Gasteiger partial charge in [0.2, 0.25) is 0 Å². The Morgan fingerprint density at radius 3 is 2.50 bits per heavy atom. The quantitative estimate of drug-likeness (QED) is 0.790. The lowest BCUT2D eigenvalue weighted by molar-refractivity contribution is 0.0961. The van der Waals surface area contributed by atoms with E-state index in [0.717, 1.165) is 29.9 Å². The van der Waals surface area contributed by atoms with E-state index in [2.05, 4.69) is 26.8 Å². The molecule has 1 aromatic carbocycles. The van der Waals surface area contributed by atoms with Crippen LogP contribution in [0.15, 0.2) is 18.2 Å². The van der Waals surface area contributed by atoms with Crippen molar-refractivity contribution in [2.45, 2.75) is 40.3 Å². The van der Waals surface area contributed by atoms with Crippen molar-refractivity contribution in [2.24, 2.45) is 11.1 Å². The first-order valence-electron chi connectivity index (χ1n) is 6.40. The molecule has 0 aliphatic rings. The highest BCUT2D eigenvalue weighted by Gasteiger charge is 2.09. The highest BCUT2D eigenvalue weighted by atomic mass is 16.5. The molecule has 0 radical (unpaired) electrons. The number of benzene rings is 1. The molecule has 0 fully saturated rings. The van der Waals surface area contributed by atoms with Crippen molar-refractivity contribution >= 4 is 0 Å². The van der Waals surface area contributed by atoms with Crippen LogP contribution in [0.2, 0.25) is 0 Å². The van der Waals surface area contributed by atoms with Crippen molar-refractivity contribution in [2.75, 3.05) is 13.7 Å². The van der Waals surface area contributed by atoms with Gasteiger partial charge in [0.1, 0.15) is 5.75 Å². The van der Waals surface area contributed by atoms with Gasteiger partial charge in [-0.25, -0.2) is 0 Å². The molecule has 3 nitrogen and oxygen atoms in total. The number of nitrogens with two attached hydrogens (primary N) is 1. The van der Waals surface area contributed by atoms with Crippen molar-refractivity contribution in [1.29, 1.82) is 0 Å². The summed E-state index contributed by atoms with van der Waals surface area (Å²) < 4.78 is 10.9. The van der Waals surface area contributed by atoms with Gasteiger partial charge in [-0.15, -0.1) is 0 Å². The molecule has 3 heteroatoms. The van der Waals surface area contributed by atoms with E-state index in [0.29, 0.717) is 18.6 Å². The second-order valence-corrected chi connectivity index (χ2v) is 5.71. The molecule has 0 bridgehead atoms. The molecular weight excluding hydrogens is 226 g/mol. The molecule has 0 heterocycles. The van der Waals surface area contributed by atoms with Gasteiger partial charge in [0.25, 0.3) is 0 Å². The van der Waals surface area contributed by atoms with Crippen LogP contribution in [0.5, 0.6) is 5.75 Å². The molecule has 0 aromatic heterocycles. The van der Waals surface area contributed by atoms with E-state index in [9.17, 15) is 0 Å². The Morgan fingerprint density at radius 1 is 1.22 bits per heavy atom. The number of hydrogen-bond donors (Lipinski definition) is 1. The van der Waals surface area contributed by atoms with Gasteiger partial charge in [-0.1, -0.05) is 26.8 Å². The Morgan fingerprint density at radius 2 is 1.94 bits per heavy atom. The van der Waals surface area contributed by atoms with Crippen LogP contribution in [0.3, 0.4) is 0 Å². The number of methoxy groups -OCH3 is 1. The summed E-state index contributed by atoms with van der Waals surface area (Å²) in [5, 5.41) is 0. The molecular formula is C15H25NO2. The van der Waals surface area contributed by atoms with E-state index < -0.39 is 0 Å². The van der Waals surface area contributed by atoms with Crippen LogP contribution >= 0.6 is 0 Å². The fourth-order valence-electron chi connectivity index (χ4n) is 1.65. The molecule has 0 unspecified atom stereocenters. The zero-order valence-electron chi connectivity index (χ0n) is 12.0. The Bertz CT molecular complexity index is 369. The van der Waals surface area contributed by atoms with E-state index in [1.807, 2.05) is 12.1 Å². The number of hydrogen-bond acceptors (Lipinski definition) is 3. The molecule has 1 aromatic rings. The van der Waals surface area contributed by atoms with Crippen molar-refractivity contribution in [3.63, 3.8) is 0 Å². The minimum absolute atomic E-state index is 0.322. The Labute approximate surface area is 110 Å². The van der Waals surface area contributed by atoms with Gasteiger partial charge < -0.3 is 15.2 Å². The van der Waals surface area contributed by atoms with Crippen LogP contribution in [0.25, 0.3) is 0 Å². The molecule has 0 amide bonds. The molecule has 18 heavy (non-hydrogen) atoms. The summed E-state index contributed by atoms with van der Waals surface area (Å²) in [6, 6.07) is 6.02. The van der Waals surface area contributed by atoms with Crippen LogP contribution in [0.1, 0.15) is 38.3 Å². The second-order valence-electron chi connectivity index (χ2n) is 5.71. The first-order valence-corrected chi connectivity index (χ1v) is 6.40. The topological polar surface area (TPSA) is 44.5 Å². The predicted octanol–water partition coefficient (Wildman–Crippen LogP) is 3.11. The van der Waals surface area contributed by atoms with Gasteiger partial charge in [-0.2, -0.15) is 0 Å². The van der Waals surface area contributed by atoms with Crippen LogP contribution in [-0.4, -0.2) is 13.7 Å². The largest absolute Gasteiger partial charge is 0.496 e. The number of ether oxygens (including phenoxy) is 2. The Balaban J connectivity index is 2.48. The maximum Gasteiger partial charge on any atom is 0.123 e. The van der Waals surface area contributed by atoms with Gasteiger partial charge in [-0.3, -0.25) is 0 Å². The Hall–Kier alpha value is -1.06. The summed E-state index contributed by atoms with van der Waals surface area (Å²) in [7, 11) is 1.66. The third-order valence-electron chi connectivity index (χ3n) is 2.83. The van der Waals surface area contributed by atoms with E-state index in [-0.39, 0.29) is 0 Å². The molecule has 0 aliphatic carbocycles. The first kappa shape index (κ1) is 15.0. The summed E-state index contributed by atoms with van der Waals surface area (Å²) >= 11 is 0. The molecule has 0 saturated carbocycles. The molecule has 102 valence electrons. The molecule has 0 spiro atoms. The Kier molecular flexibility index (Phi) is 5.63. The fraction of sp³-hybridized carbons (Fsp3) is 0.600. The van der Waals surface area contributed by atoms with Crippen LogP contribution in [0.4, 0.5) is 0 Å². The molecule has 0 aliphatic heterocycles. The van der Waals surface area contributed by atoms with E-state index in [1.54, 1.807) is 7.11 Å². The average molecular weight is 251 g/mol. The normalized spacial score (nSPS) is 11.6. The van der Waals surface area contributed by atoms with E-state index >= 15 is 0 Å². The fourth-order valence-corrected chi connectivity index (χ4v) is 1.65. The summed E-state index contributed by atoms with van der Waals surface area (Å²) in [6.07, 6.45) is 1.06. The third-order valence-corrected chi connectivity index (χ3v) is 2.83. The summed E-state index contributed by atoms with van der Waals surface area (Å²) in [4.78, 5) is 0. The highest BCUT2D eigenvalue weighted by molar-refractivity contribution is 5.36. The zero-order valence-corrected chi connectivity index (χ0v) is 12.0.